The molecule has 1 N–H and O–H groups in total. The third-order valence-corrected chi connectivity index (χ3v) is 5.12. The summed E-state index contributed by atoms with van der Waals surface area (Å²) in [6, 6.07) is 14.7. The number of ether oxygens (including phenoxy) is 2. The van der Waals surface area contributed by atoms with Gasteiger partial charge < -0.3 is 14.8 Å². The van der Waals surface area contributed by atoms with Crippen molar-refractivity contribution < 1.29 is 27.4 Å². The van der Waals surface area contributed by atoms with E-state index < -0.39 is 12.8 Å². The summed E-state index contributed by atoms with van der Waals surface area (Å²) in [4.78, 5) is 15.0. The maximum Gasteiger partial charge on any atom is 0.411 e. The Bertz CT molecular complexity index is 850. The number of nitrogens with zero attached hydrogens (tertiary/aromatic N) is 1. The molecule has 168 valence electrons. The fourth-order valence-electron chi connectivity index (χ4n) is 3.55. The Labute approximate surface area is 180 Å². The molecule has 0 aliphatic carbocycles. The van der Waals surface area contributed by atoms with E-state index in [4.69, 9.17) is 4.74 Å². The third kappa shape index (κ3) is 7.34. The van der Waals surface area contributed by atoms with Gasteiger partial charge in [0.25, 0.3) is 5.91 Å². The van der Waals surface area contributed by atoms with Crippen LogP contribution >= 0.6 is 0 Å². The molecule has 8 heteroatoms. The van der Waals surface area contributed by atoms with Gasteiger partial charge in [-0.3, -0.25) is 9.69 Å². The maximum absolute atomic E-state index is 12.7. The van der Waals surface area contributed by atoms with Crippen LogP contribution in [0.1, 0.15) is 33.1 Å². The first-order valence-corrected chi connectivity index (χ1v) is 10.2. The van der Waals surface area contributed by atoms with Gasteiger partial charge in [0.15, 0.2) is 0 Å². The Morgan fingerprint density at radius 3 is 2.52 bits per heavy atom. The molecular formula is C23H27F3N2O3. The molecule has 1 aliphatic rings. The number of amides is 1. The molecule has 31 heavy (non-hydrogen) atoms. The van der Waals surface area contributed by atoms with Crippen LogP contribution in [-0.4, -0.2) is 56.4 Å². The van der Waals surface area contributed by atoms with Crippen molar-refractivity contribution in [2.45, 2.75) is 25.7 Å². The van der Waals surface area contributed by atoms with E-state index in [9.17, 15) is 18.0 Å². The molecule has 1 aliphatic heterocycles. The molecule has 2 aromatic carbocycles. The smallest absolute Gasteiger partial charge is 0.379 e. The standard InChI is InChI=1S/C23H27F3N2O3/c1-17-3-2-4-20(13-17)21(28-9-11-30-12-10-28)14-27-22(29)19-7-5-18(6-8-19)15-31-16-23(24,25)26/h2-8,13,21H,9-12,14-16H2,1H3,(H,27,29). The summed E-state index contributed by atoms with van der Waals surface area (Å²) in [6.45, 7) is 3.94. The minimum absolute atomic E-state index is 0.0304. The predicted molar refractivity (Wildman–Crippen MR) is 111 cm³/mol. The molecule has 0 radical (unpaired) electrons. The van der Waals surface area contributed by atoms with Crippen molar-refractivity contribution in [3.05, 3.63) is 70.8 Å². The Morgan fingerprint density at radius 1 is 1.16 bits per heavy atom. The van der Waals surface area contributed by atoms with Crippen molar-refractivity contribution in [2.75, 3.05) is 39.5 Å². The number of benzene rings is 2. The van der Waals surface area contributed by atoms with Crippen molar-refractivity contribution in [1.29, 1.82) is 0 Å². The van der Waals surface area contributed by atoms with Gasteiger partial charge in [-0.2, -0.15) is 13.2 Å². The second kappa shape index (κ2) is 10.7. The Morgan fingerprint density at radius 2 is 1.87 bits per heavy atom. The topological polar surface area (TPSA) is 50.8 Å². The number of hydrogen-bond acceptors (Lipinski definition) is 4. The van der Waals surface area contributed by atoms with E-state index in [-0.39, 0.29) is 18.6 Å². The van der Waals surface area contributed by atoms with Crippen molar-refractivity contribution in [1.82, 2.24) is 10.2 Å². The van der Waals surface area contributed by atoms with E-state index in [2.05, 4.69) is 27.1 Å². The number of halogens is 3. The van der Waals surface area contributed by atoms with Crippen LogP contribution < -0.4 is 5.32 Å². The zero-order chi connectivity index (χ0) is 22.3. The van der Waals surface area contributed by atoms with Gasteiger partial charge in [-0.15, -0.1) is 0 Å². The van der Waals surface area contributed by atoms with Crippen molar-refractivity contribution in [3.8, 4) is 0 Å². The quantitative estimate of drug-likeness (QED) is 0.683. The molecule has 3 rings (SSSR count). The number of rotatable bonds is 8. The Balaban J connectivity index is 1.60. The molecular weight excluding hydrogens is 409 g/mol. The summed E-state index contributed by atoms with van der Waals surface area (Å²) in [7, 11) is 0. The number of morpholine rings is 1. The predicted octanol–water partition coefficient (Wildman–Crippen LogP) is 3.88. The lowest BCUT2D eigenvalue weighted by atomic mass is 10.0. The van der Waals surface area contributed by atoms with E-state index in [0.29, 0.717) is 30.9 Å². The van der Waals surface area contributed by atoms with E-state index in [1.807, 2.05) is 19.1 Å². The average molecular weight is 436 g/mol. The summed E-state index contributed by atoms with van der Waals surface area (Å²) in [5.41, 5.74) is 3.32. The maximum atomic E-state index is 12.7. The average Bonchev–Trinajstić information content (AvgIpc) is 2.74. The molecule has 0 aromatic heterocycles. The minimum Gasteiger partial charge on any atom is -0.379 e. The molecule has 1 heterocycles. The first-order valence-electron chi connectivity index (χ1n) is 10.2. The molecule has 1 fully saturated rings. The van der Waals surface area contributed by atoms with Gasteiger partial charge in [-0.05, 0) is 30.2 Å². The van der Waals surface area contributed by atoms with Crippen LogP contribution in [0, 0.1) is 6.92 Å². The van der Waals surface area contributed by atoms with E-state index in [1.54, 1.807) is 24.3 Å². The van der Waals surface area contributed by atoms with Crippen LogP contribution in [-0.2, 0) is 16.1 Å². The van der Waals surface area contributed by atoms with E-state index in [1.165, 1.54) is 0 Å². The van der Waals surface area contributed by atoms with Crippen molar-refractivity contribution in [3.63, 3.8) is 0 Å². The van der Waals surface area contributed by atoms with Crippen LogP contribution in [0.3, 0.4) is 0 Å². The fourth-order valence-corrected chi connectivity index (χ4v) is 3.55. The lowest BCUT2D eigenvalue weighted by Gasteiger charge is -2.35. The normalized spacial score (nSPS) is 16.1. The number of nitrogens with one attached hydrogen (secondary N) is 1. The number of aryl methyl sites for hydroxylation is 1. The SMILES string of the molecule is Cc1cccc(C(CNC(=O)c2ccc(COCC(F)(F)F)cc2)N2CCOCC2)c1. The van der Waals surface area contributed by atoms with Gasteiger partial charge in [0.05, 0.1) is 25.9 Å². The fraction of sp³-hybridized carbons (Fsp3) is 0.435. The highest BCUT2D eigenvalue weighted by molar-refractivity contribution is 5.94. The van der Waals surface area contributed by atoms with Gasteiger partial charge in [-0.1, -0.05) is 42.0 Å². The first-order chi connectivity index (χ1) is 14.8. The lowest BCUT2D eigenvalue weighted by molar-refractivity contribution is -0.176. The van der Waals surface area contributed by atoms with E-state index >= 15 is 0 Å². The Kier molecular flexibility index (Phi) is 8.06. The van der Waals surface area contributed by atoms with Crippen molar-refractivity contribution >= 4 is 5.91 Å². The molecule has 1 atom stereocenters. The highest BCUT2D eigenvalue weighted by atomic mass is 19.4. The Hall–Kier alpha value is -2.42. The number of hydrogen-bond donors (Lipinski definition) is 1. The molecule has 0 spiro atoms. The molecule has 0 bridgehead atoms. The number of carbonyl (C=O) groups excluding carboxylic acids is 1. The van der Waals surface area contributed by atoms with Gasteiger partial charge >= 0.3 is 6.18 Å². The monoisotopic (exact) mass is 436 g/mol. The largest absolute Gasteiger partial charge is 0.411 e. The van der Waals surface area contributed by atoms with Crippen LogP contribution in [0.25, 0.3) is 0 Å². The lowest BCUT2D eigenvalue weighted by Crippen LogP contribution is -2.43. The summed E-state index contributed by atoms with van der Waals surface area (Å²) >= 11 is 0. The number of alkyl halides is 3. The number of carbonyl (C=O) groups is 1. The summed E-state index contributed by atoms with van der Waals surface area (Å²) in [5, 5.41) is 3.00. The van der Waals surface area contributed by atoms with Crippen LogP contribution in [0.2, 0.25) is 0 Å². The second-order valence-electron chi connectivity index (χ2n) is 7.59. The zero-order valence-corrected chi connectivity index (χ0v) is 17.5. The summed E-state index contributed by atoms with van der Waals surface area (Å²) in [6.07, 6.45) is -4.35. The molecule has 1 amide bonds. The summed E-state index contributed by atoms with van der Waals surface area (Å²) in [5.74, 6) is -0.228. The second-order valence-corrected chi connectivity index (χ2v) is 7.59. The molecule has 0 saturated carbocycles. The summed E-state index contributed by atoms with van der Waals surface area (Å²) < 4.78 is 46.6. The molecule has 1 saturated heterocycles. The molecule has 5 nitrogen and oxygen atoms in total. The van der Waals surface area contributed by atoms with Gasteiger partial charge in [0, 0.05) is 25.2 Å². The van der Waals surface area contributed by atoms with Gasteiger partial charge in [-0.25, -0.2) is 0 Å². The van der Waals surface area contributed by atoms with Crippen LogP contribution in [0.4, 0.5) is 13.2 Å². The zero-order valence-electron chi connectivity index (χ0n) is 17.5. The van der Waals surface area contributed by atoms with Crippen molar-refractivity contribution in [2.24, 2.45) is 0 Å². The molecule has 1 unspecified atom stereocenters. The highest BCUT2D eigenvalue weighted by Crippen LogP contribution is 2.22. The third-order valence-electron chi connectivity index (χ3n) is 5.12. The highest BCUT2D eigenvalue weighted by Gasteiger charge is 2.27. The van der Waals surface area contributed by atoms with Crippen LogP contribution in [0.5, 0.6) is 0 Å². The van der Waals surface area contributed by atoms with Crippen LogP contribution in [0.15, 0.2) is 48.5 Å². The minimum atomic E-state index is -4.35. The van der Waals surface area contributed by atoms with Gasteiger partial charge in [0.2, 0.25) is 0 Å². The van der Waals surface area contributed by atoms with Gasteiger partial charge in [0.1, 0.15) is 6.61 Å². The first kappa shape index (κ1) is 23.2. The van der Waals surface area contributed by atoms with E-state index in [0.717, 1.165) is 24.2 Å². The molecule has 2 aromatic rings.